The molecule has 1 heterocycles. The minimum Gasteiger partial charge on any atom is -0.353 e. The number of amides is 2. The summed E-state index contributed by atoms with van der Waals surface area (Å²) in [7, 11) is 0. The van der Waals surface area contributed by atoms with Gasteiger partial charge >= 0.3 is 6.18 Å². The highest BCUT2D eigenvalue weighted by molar-refractivity contribution is 5.79. The summed E-state index contributed by atoms with van der Waals surface area (Å²) in [4.78, 5) is 27.8. The molecule has 0 aliphatic carbocycles. The monoisotopic (exact) mass is 371 g/mol. The molecule has 0 bridgehead atoms. The predicted molar refractivity (Wildman–Crippen MR) is 91.4 cm³/mol. The van der Waals surface area contributed by atoms with E-state index in [1.165, 1.54) is 12.1 Å². The largest absolute Gasteiger partial charge is 0.416 e. The summed E-state index contributed by atoms with van der Waals surface area (Å²) in [6.07, 6.45) is -4.30. The number of carbonyl (C=O) groups excluding carboxylic acids is 2. The Morgan fingerprint density at radius 1 is 1.08 bits per heavy atom. The van der Waals surface area contributed by atoms with E-state index < -0.39 is 11.7 Å². The second kappa shape index (κ2) is 8.53. The van der Waals surface area contributed by atoms with Crippen molar-refractivity contribution in [1.29, 1.82) is 0 Å². The molecular weight excluding hydrogens is 347 g/mol. The molecule has 1 aromatic carbocycles. The summed E-state index contributed by atoms with van der Waals surface area (Å²) in [6, 6.07) is 4.76. The Morgan fingerprint density at radius 2 is 1.65 bits per heavy atom. The highest BCUT2D eigenvalue weighted by atomic mass is 19.4. The quantitative estimate of drug-likeness (QED) is 0.860. The number of nitrogens with zero attached hydrogens (tertiary/aromatic N) is 2. The van der Waals surface area contributed by atoms with Crippen molar-refractivity contribution in [2.75, 3.05) is 32.7 Å². The molecule has 1 aliphatic rings. The third-order valence-electron chi connectivity index (χ3n) is 4.18. The van der Waals surface area contributed by atoms with Gasteiger partial charge in [-0.1, -0.05) is 12.1 Å². The molecule has 2 rings (SSSR count). The van der Waals surface area contributed by atoms with E-state index in [0.717, 1.165) is 12.1 Å². The van der Waals surface area contributed by atoms with Gasteiger partial charge in [-0.05, 0) is 31.5 Å². The predicted octanol–water partition coefficient (Wildman–Crippen LogP) is 1.92. The molecule has 8 heteroatoms. The molecule has 1 aliphatic heterocycles. The highest BCUT2D eigenvalue weighted by Crippen LogP contribution is 2.29. The van der Waals surface area contributed by atoms with Gasteiger partial charge in [0, 0.05) is 32.2 Å². The Balaban J connectivity index is 1.80. The summed E-state index contributed by atoms with van der Waals surface area (Å²) < 4.78 is 37.7. The summed E-state index contributed by atoms with van der Waals surface area (Å²) in [5.41, 5.74) is -0.163. The fourth-order valence-electron chi connectivity index (χ4n) is 2.82. The SMILES string of the molecule is CC(C)NC(=O)CN1CCN(C(=O)Cc2ccc(C(F)(F)F)cc2)CC1. The minimum atomic E-state index is -4.37. The van der Waals surface area contributed by atoms with E-state index in [1.54, 1.807) is 4.90 Å². The maximum absolute atomic E-state index is 12.6. The van der Waals surface area contributed by atoms with Crippen LogP contribution in [0.15, 0.2) is 24.3 Å². The van der Waals surface area contributed by atoms with Gasteiger partial charge in [0.2, 0.25) is 11.8 Å². The zero-order valence-electron chi connectivity index (χ0n) is 15.0. The van der Waals surface area contributed by atoms with E-state index in [1.807, 2.05) is 18.7 Å². The number of hydrogen-bond acceptors (Lipinski definition) is 3. The molecule has 26 heavy (non-hydrogen) atoms. The number of alkyl halides is 3. The number of halogens is 3. The third kappa shape index (κ3) is 6.01. The first-order chi connectivity index (χ1) is 12.1. The van der Waals surface area contributed by atoms with E-state index in [9.17, 15) is 22.8 Å². The number of nitrogens with one attached hydrogen (secondary N) is 1. The molecule has 0 radical (unpaired) electrons. The van der Waals surface area contributed by atoms with Crippen molar-refractivity contribution in [2.45, 2.75) is 32.5 Å². The zero-order chi connectivity index (χ0) is 19.3. The first kappa shape index (κ1) is 20.2. The van der Waals surface area contributed by atoms with Crippen LogP contribution in [0.25, 0.3) is 0 Å². The Kier molecular flexibility index (Phi) is 6.63. The molecule has 1 aromatic rings. The standard InChI is InChI=1S/C18H24F3N3O2/c1-13(2)22-16(25)12-23-7-9-24(10-8-23)17(26)11-14-3-5-15(6-4-14)18(19,20)21/h3-6,13H,7-12H2,1-2H3,(H,22,25). The lowest BCUT2D eigenvalue weighted by Gasteiger charge is -2.34. The van der Waals surface area contributed by atoms with E-state index in [-0.39, 0.29) is 24.3 Å². The molecule has 0 saturated carbocycles. The summed E-state index contributed by atoms with van der Waals surface area (Å²) in [5, 5.41) is 2.83. The Hall–Kier alpha value is -2.09. The Labute approximate surface area is 151 Å². The summed E-state index contributed by atoms with van der Waals surface area (Å²) in [6.45, 7) is 6.32. The minimum absolute atomic E-state index is 0.0375. The van der Waals surface area contributed by atoms with Crippen LogP contribution in [0.4, 0.5) is 13.2 Å². The highest BCUT2D eigenvalue weighted by Gasteiger charge is 2.30. The Morgan fingerprint density at radius 3 is 2.15 bits per heavy atom. The average Bonchev–Trinajstić information content (AvgIpc) is 2.54. The van der Waals surface area contributed by atoms with Crippen LogP contribution in [0.5, 0.6) is 0 Å². The van der Waals surface area contributed by atoms with Crippen molar-refractivity contribution in [3.05, 3.63) is 35.4 Å². The number of rotatable bonds is 5. The van der Waals surface area contributed by atoms with E-state index in [2.05, 4.69) is 5.32 Å². The van der Waals surface area contributed by atoms with Gasteiger partial charge in [0.1, 0.15) is 0 Å². The Bertz CT molecular complexity index is 622. The fraction of sp³-hybridized carbons (Fsp3) is 0.556. The molecule has 1 saturated heterocycles. The molecule has 2 amide bonds. The van der Waals surface area contributed by atoms with Gasteiger partial charge in [0.25, 0.3) is 0 Å². The lowest BCUT2D eigenvalue weighted by molar-refractivity contribution is -0.137. The molecule has 0 aromatic heterocycles. The number of carbonyl (C=O) groups is 2. The van der Waals surface area contributed by atoms with Gasteiger partial charge in [0.15, 0.2) is 0 Å². The van der Waals surface area contributed by atoms with Crippen LogP contribution in [0, 0.1) is 0 Å². The van der Waals surface area contributed by atoms with Crippen LogP contribution >= 0.6 is 0 Å². The number of benzene rings is 1. The van der Waals surface area contributed by atoms with Crippen molar-refractivity contribution in [3.63, 3.8) is 0 Å². The molecule has 0 atom stereocenters. The van der Waals surface area contributed by atoms with E-state index in [4.69, 9.17) is 0 Å². The molecule has 1 N–H and O–H groups in total. The maximum atomic E-state index is 12.6. The normalized spacial score (nSPS) is 16.0. The van der Waals surface area contributed by atoms with Gasteiger partial charge in [-0.2, -0.15) is 13.2 Å². The van der Waals surface area contributed by atoms with Gasteiger partial charge in [0.05, 0.1) is 18.5 Å². The molecule has 0 spiro atoms. The van der Waals surface area contributed by atoms with Crippen molar-refractivity contribution in [2.24, 2.45) is 0 Å². The molecule has 5 nitrogen and oxygen atoms in total. The lowest BCUT2D eigenvalue weighted by Crippen LogP contribution is -2.51. The second-order valence-electron chi connectivity index (χ2n) is 6.75. The lowest BCUT2D eigenvalue weighted by atomic mass is 10.1. The van der Waals surface area contributed by atoms with Crippen LogP contribution < -0.4 is 5.32 Å². The van der Waals surface area contributed by atoms with Crippen LogP contribution in [0.3, 0.4) is 0 Å². The third-order valence-corrected chi connectivity index (χ3v) is 4.18. The van der Waals surface area contributed by atoms with Crippen molar-refractivity contribution < 1.29 is 22.8 Å². The van der Waals surface area contributed by atoms with Crippen LogP contribution in [-0.4, -0.2) is 60.4 Å². The van der Waals surface area contributed by atoms with Gasteiger partial charge in [-0.25, -0.2) is 0 Å². The molecular formula is C18H24F3N3O2. The number of piperazine rings is 1. The maximum Gasteiger partial charge on any atom is 0.416 e. The first-order valence-corrected chi connectivity index (χ1v) is 8.61. The van der Waals surface area contributed by atoms with E-state index in [0.29, 0.717) is 38.3 Å². The summed E-state index contributed by atoms with van der Waals surface area (Å²) >= 11 is 0. The van der Waals surface area contributed by atoms with Crippen LogP contribution in [0.1, 0.15) is 25.0 Å². The van der Waals surface area contributed by atoms with Crippen molar-refractivity contribution in [3.8, 4) is 0 Å². The van der Waals surface area contributed by atoms with Gasteiger partial charge in [-0.15, -0.1) is 0 Å². The fourth-order valence-corrected chi connectivity index (χ4v) is 2.82. The average molecular weight is 371 g/mol. The smallest absolute Gasteiger partial charge is 0.353 e. The molecule has 0 unspecified atom stereocenters. The van der Waals surface area contributed by atoms with Gasteiger partial charge < -0.3 is 10.2 Å². The van der Waals surface area contributed by atoms with Crippen LogP contribution in [-0.2, 0) is 22.2 Å². The second-order valence-corrected chi connectivity index (χ2v) is 6.75. The van der Waals surface area contributed by atoms with Crippen LogP contribution in [0.2, 0.25) is 0 Å². The summed E-state index contributed by atoms with van der Waals surface area (Å²) in [5.74, 6) is -0.152. The van der Waals surface area contributed by atoms with E-state index >= 15 is 0 Å². The van der Waals surface area contributed by atoms with Crippen molar-refractivity contribution in [1.82, 2.24) is 15.1 Å². The molecule has 1 fully saturated rings. The van der Waals surface area contributed by atoms with Crippen molar-refractivity contribution >= 4 is 11.8 Å². The zero-order valence-corrected chi connectivity index (χ0v) is 15.0. The number of hydrogen-bond donors (Lipinski definition) is 1. The molecule has 144 valence electrons. The van der Waals surface area contributed by atoms with Gasteiger partial charge in [-0.3, -0.25) is 14.5 Å². The first-order valence-electron chi connectivity index (χ1n) is 8.61. The topological polar surface area (TPSA) is 52.7 Å².